The maximum Gasteiger partial charge on any atom is 0.262 e. The smallest absolute Gasteiger partial charge is 0.262 e. The van der Waals surface area contributed by atoms with Crippen LogP contribution in [0.2, 0.25) is 5.02 Å². The molecule has 0 aromatic heterocycles. The predicted octanol–water partition coefficient (Wildman–Crippen LogP) is 1.22. The molecule has 1 saturated heterocycles. The van der Waals surface area contributed by atoms with Crippen LogP contribution in [0.4, 0.5) is 4.39 Å². The lowest BCUT2D eigenvalue weighted by Gasteiger charge is -2.20. The van der Waals surface area contributed by atoms with Crippen LogP contribution in [0.3, 0.4) is 0 Å². The second kappa shape index (κ2) is 10.1. The molecule has 1 unspecified atom stereocenters. The highest BCUT2D eigenvalue weighted by Crippen LogP contribution is 2.20. The minimum absolute atomic E-state index is 0.0290. The van der Waals surface area contributed by atoms with Gasteiger partial charge in [0.1, 0.15) is 11.6 Å². The van der Waals surface area contributed by atoms with Crippen LogP contribution in [0.1, 0.15) is 12.8 Å². The molecule has 0 spiro atoms. The van der Waals surface area contributed by atoms with Crippen molar-refractivity contribution in [3.63, 3.8) is 0 Å². The lowest BCUT2D eigenvalue weighted by atomic mass is 10.2. The van der Waals surface area contributed by atoms with E-state index < -0.39 is 17.8 Å². The Hall–Kier alpha value is -2.20. The fraction of sp³-hybridized carbons (Fsp3) is 0.375. The molecule has 0 saturated carbocycles. The zero-order valence-corrected chi connectivity index (χ0v) is 14.6. The monoisotopic (exact) mass is 387 g/mol. The summed E-state index contributed by atoms with van der Waals surface area (Å²) in [5.41, 5.74) is 2.90. The largest absolute Gasteiger partial charge is 0.484 e. The summed E-state index contributed by atoms with van der Waals surface area (Å²) < 4.78 is 18.4. The number of hydrogen-bond donors (Lipinski definition) is 3. The number of rotatable bonds is 8. The highest BCUT2D eigenvalue weighted by Gasteiger charge is 2.23. The van der Waals surface area contributed by atoms with Gasteiger partial charge in [0.25, 0.3) is 11.8 Å². The number of amides is 2. The molecular weight excluding hydrogens is 369 g/mol. The maximum absolute atomic E-state index is 13.3. The summed E-state index contributed by atoms with van der Waals surface area (Å²) in [6, 6.07) is 3.88. The first-order chi connectivity index (χ1) is 12.5. The molecule has 10 heteroatoms. The molecule has 26 heavy (non-hydrogen) atoms. The van der Waals surface area contributed by atoms with E-state index in [1.54, 1.807) is 0 Å². The Balaban J connectivity index is 1.63. The summed E-state index contributed by atoms with van der Waals surface area (Å²) in [6.45, 7) is 4.17. The Kier molecular flexibility index (Phi) is 7.79. The van der Waals surface area contributed by atoms with Crippen LogP contribution in [0.5, 0.6) is 5.75 Å². The molecule has 8 nitrogen and oxygen atoms in total. The summed E-state index contributed by atoms with van der Waals surface area (Å²) in [6.07, 6.45) is 0.151. The summed E-state index contributed by atoms with van der Waals surface area (Å²) in [7, 11) is 0. The zero-order valence-electron chi connectivity index (χ0n) is 13.8. The van der Waals surface area contributed by atoms with Gasteiger partial charge in [0.15, 0.2) is 12.7 Å². The molecule has 1 aromatic rings. The molecule has 2 rings (SSSR count). The quantitative estimate of drug-likeness (QED) is 0.580. The second-order valence-corrected chi connectivity index (χ2v) is 5.82. The molecule has 3 N–H and O–H groups in total. The number of ether oxygens (including phenoxy) is 1. The van der Waals surface area contributed by atoms with Crippen LogP contribution in [-0.2, 0) is 19.5 Å². The summed E-state index contributed by atoms with van der Waals surface area (Å²) in [5.74, 6) is -1.21. The lowest BCUT2D eigenvalue weighted by Crippen LogP contribution is -2.43. The van der Waals surface area contributed by atoms with E-state index in [1.165, 1.54) is 12.1 Å². The first-order valence-corrected chi connectivity index (χ1v) is 8.22. The van der Waals surface area contributed by atoms with E-state index in [2.05, 4.69) is 27.7 Å². The highest BCUT2D eigenvalue weighted by atomic mass is 35.5. The second-order valence-electron chi connectivity index (χ2n) is 5.41. The van der Waals surface area contributed by atoms with Crippen molar-refractivity contribution in [2.45, 2.75) is 18.9 Å². The van der Waals surface area contributed by atoms with Crippen LogP contribution >= 0.6 is 11.6 Å². The van der Waals surface area contributed by atoms with Gasteiger partial charge in [-0.1, -0.05) is 18.2 Å². The highest BCUT2D eigenvalue weighted by molar-refractivity contribution is 6.30. The van der Waals surface area contributed by atoms with Crippen molar-refractivity contribution in [1.29, 1.82) is 0 Å². The zero-order chi connectivity index (χ0) is 18.9. The van der Waals surface area contributed by atoms with Gasteiger partial charge in [-0.25, -0.2) is 9.28 Å². The third-order valence-corrected chi connectivity index (χ3v) is 3.63. The van der Waals surface area contributed by atoms with E-state index in [-0.39, 0.29) is 29.8 Å². The van der Waals surface area contributed by atoms with E-state index in [0.29, 0.717) is 25.1 Å². The number of hydrogen-bond acceptors (Lipinski definition) is 6. The number of carbonyl (C=O) groups excluding carboxylic acids is 2. The van der Waals surface area contributed by atoms with Crippen molar-refractivity contribution in [1.82, 2.24) is 16.1 Å². The molecule has 1 heterocycles. The van der Waals surface area contributed by atoms with Gasteiger partial charge in [-0.05, 0) is 12.1 Å². The number of benzene rings is 1. The standard InChI is InChI=1S/C16H19ClFN3O5/c1-10(4-6-19-16(23)14-5-7-20-26-25-14)21-15(22)9-24-11-2-3-12(17)13(18)8-11/h2-3,8,14,20H,1,4-7,9H2,(H,19,23)(H,21,22). The third kappa shape index (κ3) is 6.60. The number of halogens is 2. The van der Waals surface area contributed by atoms with Crippen LogP contribution in [-0.4, -0.2) is 37.6 Å². The van der Waals surface area contributed by atoms with Gasteiger partial charge in [-0.2, -0.15) is 5.48 Å². The van der Waals surface area contributed by atoms with Crippen molar-refractivity contribution >= 4 is 23.4 Å². The Morgan fingerprint density at radius 3 is 2.96 bits per heavy atom. The Morgan fingerprint density at radius 1 is 1.46 bits per heavy atom. The lowest BCUT2D eigenvalue weighted by molar-refractivity contribution is -0.373. The van der Waals surface area contributed by atoms with Gasteiger partial charge in [0.2, 0.25) is 0 Å². The molecule has 1 fully saturated rings. The van der Waals surface area contributed by atoms with Crippen molar-refractivity contribution in [3.05, 3.63) is 41.3 Å². The average molecular weight is 388 g/mol. The van der Waals surface area contributed by atoms with Gasteiger partial charge in [-0.15, -0.1) is 4.99 Å². The van der Waals surface area contributed by atoms with Crippen molar-refractivity contribution in [2.75, 3.05) is 19.7 Å². The van der Waals surface area contributed by atoms with E-state index in [0.717, 1.165) is 6.07 Å². The first-order valence-electron chi connectivity index (χ1n) is 7.84. The Labute approximate surface area is 154 Å². The predicted molar refractivity (Wildman–Crippen MR) is 90.4 cm³/mol. The first kappa shape index (κ1) is 20.1. The van der Waals surface area contributed by atoms with E-state index in [9.17, 15) is 14.0 Å². The number of nitrogens with one attached hydrogen (secondary N) is 3. The van der Waals surface area contributed by atoms with Crippen LogP contribution in [0.15, 0.2) is 30.5 Å². The van der Waals surface area contributed by atoms with Gasteiger partial charge >= 0.3 is 0 Å². The molecule has 0 radical (unpaired) electrons. The molecule has 0 aliphatic carbocycles. The fourth-order valence-electron chi connectivity index (χ4n) is 2.01. The van der Waals surface area contributed by atoms with Gasteiger partial charge in [0.05, 0.1) is 5.02 Å². The normalized spacial score (nSPS) is 16.6. The number of carbonyl (C=O) groups is 2. The molecule has 2 amide bonds. The number of hydroxylamine groups is 1. The van der Waals surface area contributed by atoms with Crippen molar-refractivity contribution in [3.8, 4) is 5.75 Å². The van der Waals surface area contributed by atoms with E-state index in [1.807, 2.05) is 0 Å². The maximum atomic E-state index is 13.3. The minimum atomic E-state index is -0.674. The van der Waals surface area contributed by atoms with Crippen LogP contribution < -0.4 is 20.9 Å². The molecular formula is C16H19ClFN3O5. The topological polar surface area (TPSA) is 97.9 Å². The molecule has 1 aliphatic rings. The summed E-state index contributed by atoms with van der Waals surface area (Å²) >= 11 is 5.56. The van der Waals surface area contributed by atoms with Crippen molar-refractivity contribution in [2.24, 2.45) is 0 Å². The van der Waals surface area contributed by atoms with Gasteiger partial charge in [-0.3, -0.25) is 9.59 Å². The van der Waals surface area contributed by atoms with Crippen molar-refractivity contribution < 1.29 is 28.6 Å². The summed E-state index contributed by atoms with van der Waals surface area (Å²) in [5, 5.41) is 5.16. The third-order valence-electron chi connectivity index (χ3n) is 3.33. The molecule has 142 valence electrons. The molecule has 0 bridgehead atoms. The van der Waals surface area contributed by atoms with Crippen LogP contribution in [0.25, 0.3) is 0 Å². The SMILES string of the molecule is C=C(CCNC(=O)C1CCNOO1)NC(=O)COc1ccc(Cl)c(F)c1. The molecule has 1 aromatic carbocycles. The van der Waals surface area contributed by atoms with Gasteiger partial charge < -0.3 is 15.4 Å². The van der Waals surface area contributed by atoms with Gasteiger partial charge in [0, 0.05) is 37.7 Å². The molecule has 1 atom stereocenters. The van der Waals surface area contributed by atoms with E-state index >= 15 is 0 Å². The Bertz CT molecular complexity index is 667. The Morgan fingerprint density at radius 2 is 2.27 bits per heavy atom. The minimum Gasteiger partial charge on any atom is -0.484 e. The van der Waals surface area contributed by atoms with E-state index in [4.69, 9.17) is 21.2 Å². The average Bonchev–Trinajstić information content (AvgIpc) is 2.63. The summed E-state index contributed by atoms with van der Waals surface area (Å²) in [4.78, 5) is 32.9. The van der Waals surface area contributed by atoms with Crippen LogP contribution in [0, 0.1) is 5.82 Å². The molecule has 1 aliphatic heterocycles. The fourth-order valence-corrected chi connectivity index (χ4v) is 2.13.